The van der Waals surface area contributed by atoms with Gasteiger partial charge in [-0.05, 0) is 41.8 Å². The van der Waals surface area contributed by atoms with Crippen LogP contribution in [0.4, 0.5) is 5.95 Å². The van der Waals surface area contributed by atoms with E-state index in [0.29, 0.717) is 40.1 Å². The van der Waals surface area contributed by atoms with Gasteiger partial charge in [0.2, 0.25) is 5.95 Å². The van der Waals surface area contributed by atoms with Gasteiger partial charge in [-0.2, -0.15) is 0 Å². The first-order valence-corrected chi connectivity index (χ1v) is 11.5. The second-order valence-electron chi connectivity index (χ2n) is 7.99. The normalized spacial score (nSPS) is 12.2. The zero-order valence-electron chi connectivity index (χ0n) is 18.1. The van der Waals surface area contributed by atoms with E-state index < -0.39 is 0 Å². The van der Waals surface area contributed by atoms with Crippen LogP contribution in [0.15, 0.2) is 73.1 Å². The van der Waals surface area contributed by atoms with Gasteiger partial charge in [0.1, 0.15) is 5.82 Å². The summed E-state index contributed by atoms with van der Waals surface area (Å²) in [5.74, 6) is 0.920. The fourth-order valence-electron chi connectivity index (χ4n) is 4.05. The van der Waals surface area contributed by atoms with E-state index in [9.17, 15) is 0 Å². The largest absolute Gasteiger partial charge is 0.368 e. The fourth-order valence-corrected chi connectivity index (χ4v) is 4.35. The molecule has 0 aliphatic heterocycles. The summed E-state index contributed by atoms with van der Waals surface area (Å²) in [5, 5.41) is 9.44. The van der Waals surface area contributed by atoms with E-state index >= 15 is 0 Å². The van der Waals surface area contributed by atoms with Crippen molar-refractivity contribution in [2.45, 2.75) is 18.9 Å². The maximum absolute atomic E-state index is 6.54. The van der Waals surface area contributed by atoms with Crippen molar-refractivity contribution >= 4 is 34.8 Å². The zero-order chi connectivity index (χ0) is 23.7. The van der Waals surface area contributed by atoms with Crippen molar-refractivity contribution in [2.75, 3.05) is 5.73 Å². The minimum absolute atomic E-state index is 0.180. The molecule has 0 bridgehead atoms. The van der Waals surface area contributed by atoms with Crippen LogP contribution in [0.5, 0.6) is 0 Å². The average Bonchev–Trinajstić information content (AvgIpc) is 3.23. The van der Waals surface area contributed by atoms with Crippen LogP contribution >= 0.6 is 23.2 Å². The summed E-state index contributed by atoms with van der Waals surface area (Å²) in [5.41, 5.74) is 17.6. The van der Waals surface area contributed by atoms with E-state index in [1.807, 2.05) is 36.4 Å². The molecule has 0 saturated carbocycles. The maximum atomic E-state index is 6.54. The fraction of sp³-hybridized carbons (Fsp3) is 0.120. The molecule has 0 amide bonds. The zero-order valence-corrected chi connectivity index (χ0v) is 19.6. The molecule has 0 aliphatic rings. The Labute approximate surface area is 206 Å². The van der Waals surface area contributed by atoms with E-state index in [0.717, 1.165) is 22.3 Å². The number of hydrogen-bond donors (Lipinski definition) is 2. The lowest BCUT2D eigenvalue weighted by molar-refractivity contribution is 0.636. The van der Waals surface area contributed by atoms with Crippen molar-refractivity contribution in [2.24, 2.45) is 5.73 Å². The molecule has 34 heavy (non-hydrogen) atoms. The molecule has 0 spiro atoms. The number of halogens is 2. The van der Waals surface area contributed by atoms with Gasteiger partial charge in [-0.3, -0.25) is 4.98 Å². The summed E-state index contributed by atoms with van der Waals surface area (Å²) < 4.78 is 1.76. The lowest BCUT2D eigenvalue weighted by Crippen LogP contribution is -2.27. The molecule has 3 heterocycles. The van der Waals surface area contributed by atoms with Gasteiger partial charge < -0.3 is 11.5 Å². The number of nitrogens with zero attached hydrogens (tertiary/aromatic N) is 5. The van der Waals surface area contributed by atoms with Crippen molar-refractivity contribution in [1.82, 2.24) is 24.6 Å². The number of anilines is 1. The minimum atomic E-state index is -0.180. The minimum Gasteiger partial charge on any atom is -0.368 e. The predicted octanol–water partition coefficient (Wildman–Crippen LogP) is 4.85. The van der Waals surface area contributed by atoms with Gasteiger partial charge in [0, 0.05) is 30.4 Å². The van der Waals surface area contributed by atoms with Crippen molar-refractivity contribution < 1.29 is 0 Å². The average molecular weight is 490 g/mol. The van der Waals surface area contributed by atoms with Crippen LogP contribution < -0.4 is 11.5 Å². The quantitative estimate of drug-likeness (QED) is 0.352. The van der Waals surface area contributed by atoms with Crippen LogP contribution in [0.1, 0.15) is 11.4 Å². The van der Waals surface area contributed by atoms with Crippen molar-refractivity contribution in [3.63, 3.8) is 0 Å². The molecule has 5 aromatic rings. The highest BCUT2D eigenvalue weighted by Gasteiger charge is 2.22. The van der Waals surface area contributed by atoms with Crippen LogP contribution in [-0.2, 0) is 12.8 Å². The molecule has 7 nitrogen and oxygen atoms in total. The number of pyridine rings is 1. The van der Waals surface area contributed by atoms with E-state index in [-0.39, 0.29) is 12.0 Å². The number of nitrogens with two attached hydrogens (primary N) is 2. The number of hydrogen-bond acceptors (Lipinski definition) is 6. The molecule has 0 saturated heterocycles. The summed E-state index contributed by atoms with van der Waals surface area (Å²) in [6, 6.07) is 19.1. The highest BCUT2D eigenvalue weighted by molar-refractivity contribution is 6.42. The molecule has 1 atom stereocenters. The number of nitrogen functional groups attached to an aromatic ring is 1. The first-order valence-electron chi connectivity index (χ1n) is 10.7. The van der Waals surface area contributed by atoms with E-state index in [1.54, 1.807) is 28.9 Å². The third-order valence-corrected chi connectivity index (χ3v) is 6.33. The number of benzene rings is 2. The Hall–Kier alpha value is -3.52. The molecular weight excluding hydrogens is 469 g/mol. The highest BCUT2D eigenvalue weighted by atomic mass is 35.5. The first kappa shape index (κ1) is 22.3. The molecule has 9 heteroatoms. The van der Waals surface area contributed by atoms with E-state index in [2.05, 4.69) is 27.3 Å². The molecule has 170 valence electrons. The Morgan fingerprint density at radius 3 is 2.35 bits per heavy atom. The van der Waals surface area contributed by atoms with E-state index in [4.69, 9.17) is 39.7 Å². The van der Waals surface area contributed by atoms with Crippen LogP contribution in [0.25, 0.3) is 28.0 Å². The Morgan fingerprint density at radius 1 is 0.853 bits per heavy atom. The number of rotatable bonds is 6. The predicted molar refractivity (Wildman–Crippen MR) is 136 cm³/mol. The highest BCUT2D eigenvalue weighted by Crippen LogP contribution is 2.37. The van der Waals surface area contributed by atoms with Crippen LogP contribution in [0.2, 0.25) is 10.0 Å². The molecule has 0 unspecified atom stereocenters. The summed E-state index contributed by atoms with van der Waals surface area (Å²) in [4.78, 5) is 9.18. The molecule has 3 aromatic heterocycles. The topological polar surface area (TPSA) is 108 Å². The smallest absolute Gasteiger partial charge is 0.227 e. The van der Waals surface area contributed by atoms with Gasteiger partial charge in [0.05, 0.1) is 21.3 Å². The standard InChI is InChI=1S/C25H21Cl2N7/c26-19-7-6-17(13-20(19)27)22-23(16-8-10-30-11-9-16)31-21(34-24(22)32-33-25(34)29)14-18(28)12-15-4-2-1-3-5-15/h1-11,13,18H,12,14,28H2,(H2,29,33)/t18-/m0/s1. The van der Waals surface area contributed by atoms with Gasteiger partial charge in [-0.15, -0.1) is 10.2 Å². The SMILES string of the molecule is Nc1nnc2c(-c3ccc(Cl)c(Cl)c3)c(-c3ccncc3)nc(C[C@@H](N)Cc3ccccc3)n12. The molecule has 4 N–H and O–H groups in total. The van der Waals surface area contributed by atoms with Crippen LogP contribution in [-0.4, -0.2) is 30.6 Å². The number of aromatic nitrogens is 5. The molecule has 2 aromatic carbocycles. The molecular formula is C25H21Cl2N7. The van der Waals surface area contributed by atoms with Gasteiger partial charge in [0.15, 0.2) is 5.65 Å². The second kappa shape index (κ2) is 9.38. The maximum Gasteiger partial charge on any atom is 0.227 e. The van der Waals surface area contributed by atoms with Crippen molar-refractivity contribution in [3.05, 3.63) is 94.5 Å². The molecule has 0 radical (unpaired) electrons. The molecule has 0 aliphatic carbocycles. The lowest BCUT2D eigenvalue weighted by atomic mass is 9.99. The molecule has 0 fully saturated rings. The second-order valence-corrected chi connectivity index (χ2v) is 8.80. The van der Waals surface area contributed by atoms with Crippen molar-refractivity contribution in [1.29, 1.82) is 0 Å². The van der Waals surface area contributed by atoms with Gasteiger partial charge >= 0.3 is 0 Å². The lowest BCUT2D eigenvalue weighted by Gasteiger charge is -2.17. The van der Waals surface area contributed by atoms with Crippen molar-refractivity contribution in [3.8, 4) is 22.4 Å². The Bertz CT molecular complexity index is 1450. The molecule has 5 rings (SSSR count). The third kappa shape index (κ3) is 4.33. The monoisotopic (exact) mass is 489 g/mol. The Balaban J connectivity index is 1.68. The summed E-state index contributed by atoms with van der Waals surface area (Å²) >= 11 is 12.5. The Morgan fingerprint density at radius 2 is 1.62 bits per heavy atom. The number of fused-ring (bicyclic) bond motifs is 1. The van der Waals surface area contributed by atoms with Crippen LogP contribution in [0.3, 0.4) is 0 Å². The van der Waals surface area contributed by atoms with Crippen LogP contribution in [0, 0.1) is 0 Å². The summed E-state index contributed by atoms with van der Waals surface area (Å²) in [7, 11) is 0. The van der Waals surface area contributed by atoms with Gasteiger partial charge in [-0.1, -0.05) is 59.6 Å². The first-order chi connectivity index (χ1) is 16.5. The van der Waals surface area contributed by atoms with Gasteiger partial charge in [0.25, 0.3) is 0 Å². The van der Waals surface area contributed by atoms with E-state index in [1.165, 1.54) is 0 Å². The van der Waals surface area contributed by atoms with Gasteiger partial charge in [-0.25, -0.2) is 9.38 Å². The third-order valence-electron chi connectivity index (χ3n) is 5.59. The summed E-state index contributed by atoms with van der Waals surface area (Å²) in [6.45, 7) is 0. The summed E-state index contributed by atoms with van der Waals surface area (Å²) in [6.07, 6.45) is 4.62. The Kier molecular flexibility index (Phi) is 6.15.